The van der Waals surface area contributed by atoms with E-state index >= 15 is 0 Å². The van der Waals surface area contributed by atoms with Crippen molar-refractivity contribution in [1.29, 1.82) is 0 Å². The molecule has 22 heteroatoms. The molecule has 0 spiro atoms. The molecule has 5 unspecified atom stereocenters. The third kappa shape index (κ3) is 16.3. The molecule has 1 rings (SSSR count). The number of aliphatic imine (C=N–C) groups is 1. The Hall–Kier alpha value is -5.80. The van der Waals surface area contributed by atoms with Crippen LogP contribution in [0, 0.1) is 5.92 Å². The van der Waals surface area contributed by atoms with Crippen LogP contribution in [0.5, 0.6) is 0 Å². The average molecular weight is 712 g/mol. The van der Waals surface area contributed by atoms with Gasteiger partial charge >= 0.3 is 17.9 Å². The van der Waals surface area contributed by atoms with Crippen LogP contribution in [0.4, 0.5) is 0 Å². The van der Waals surface area contributed by atoms with Gasteiger partial charge in [0.25, 0.3) is 0 Å². The number of aromatic amines is 1. The van der Waals surface area contributed by atoms with E-state index in [2.05, 4.69) is 41.5 Å². The molecule has 1 aromatic rings. The van der Waals surface area contributed by atoms with Gasteiger partial charge in [-0.25, -0.2) is 9.78 Å². The van der Waals surface area contributed by atoms with Crippen molar-refractivity contribution in [3.05, 3.63) is 18.2 Å². The van der Waals surface area contributed by atoms with Gasteiger partial charge in [0.2, 0.25) is 29.5 Å². The summed E-state index contributed by atoms with van der Waals surface area (Å²) in [4.78, 5) is 110. The number of guanidine groups is 1. The second-order valence-corrected chi connectivity index (χ2v) is 11.5. The summed E-state index contributed by atoms with van der Waals surface area (Å²) in [5, 5.41) is 39.6. The molecule has 15 N–H and O–H groups in total. The number of H-pyrrole nitrogens is 1. The lowest BCUT2D eigenvalue weighted by Crippen LogP contribution is -2.59. The van der Waals surface area contributed by atoms with Gasteiger partial charge in [-0.1, -0.05) is 13.8 Å². The van der Waals surface area contributed by atoms with Crippen molar-refractivity contribution in [2.24, 2.45) is 28.1 Å². The standard InChI is InChI=1S/C28H45N11O11/c1-13(2)6-19(27(49)50)39-26(48)18(9-22(43)44)38-24(46)16(7-14-11-32-12-34-14)37-23(45)15(4-3-5-33-28(30)31)36-25(47)17(8-21(41)42)35-20(40)10-29/h11-13,15-19H,3-10,29H2,1-2H3,(H,32,34)(H,35,40)(H,36,47)(H,37,45)(H,38,46)(H,39,48)(H,41,42)(H,43,44)(H,49,50)(H4,30,31,33). The summed E-state index contributed by atoms with van der Waals surface area (Å²) >= 11 is 0. The van der Waals surface area contributed by atoms with E-state index in [4.69, 9.17) is 17.2 Å². The summed E-state index contributed by atoms with van der Waals surface area (Å²) in [7, 11) is 0. The number of hydrogen-bond donors (Lipinski definition) is 12. The fraction of sp³-hybridized carbons (Fsp3) is 0.571. The van der Waals surface area contributed by atoms with Gasteiger partial charge < -0.3 is 64.1 Å². The first-order valence-electron chi connectivity index (χ1n) is 15.3. The minimum atomic E-state index is -1.77. The van der Waals surface area contributed by atoms with Gasteiger partial charge in [-0.15, -0.1) is 0 Å². The van der Waals surface area contributed by atoms with E-state index in [9.17, 15) is 53.7 Å². The maximum Gasteiger partial charge on any atom is 0.326 e. The fourth-order valence-electron chi connectivity index (χ4n) is 4.40. The zero-order valence-corrected chi connectivity index (χ0v) is 27.5. The Bertz CT molecular complexity index is 1380. The molecule has 22 nitrogen and oxygen atoms in total. The number of aromatic nitrogens is 2. The SMILES string of the molecule is CC(C)CC(NC(=O)C(CC(=O)O)NC(=O)C(Cc1cnc[nH]1)NC(=O)C(CCCN=C(N)N)NC(=O)C(CC(=O)O)NC(=O)CN)C(=O)O. The van der Waals surface area contributed by atoms with E-state index in [0.717, 1.165) is 0 Å². The molecule has 0 fully saturated rings. The molecule has 0 saturated heterocycles. The van der Waals surface area contributed by atoms with Gasteiger partial charge in [-0.2, -0.15) is 0 Å². The Balaban J connectivity index is 3.38. The van der Waals surface area contributed by atoms with Gasteiger partial charge in [0.05, 0.1) is 25.7 Å². The smallest absolute Gasteiger partial charge is 0.326 e. The highest BCUT2D eigenvalue weighted by molar-refractivity contribution is 5.97. The van der Waals surface area contributed by atoms with Crippen LogP contribution in [0.25, 0.3) is 0 Å². The van der Waals surface area contributed by atoms with Gasteiger partial charge in [-0.05, 0) is 25.2 Å². The summed E-state index contributed by atoms with van der Waals surface area (Å²) in [6.07, 6.45) is 0.444. The van der Waals surface area contributed by atoms with E-state index in [-0.39, 0.29) is 44.1 Å². The van der Waals surface area contributed by atoms with E-state index in [1.807, 2.05) is 0 Å². The Morgan fingerprint density at radius 3 is 1.76 bits per heavy atom. The monoisotopic (exact) mass is 711 g/mol. The molecule has 278 valence electrons. The lowest BCUT2D eigenvalue weighted by atomic mass is 10.0. The summed E-state index contributed by atoms with van der Waals surface area (Å²) in [5.74, 6) is -9.82. The van der Waals surface area contributed by atoms with Crippen LogP contribution in [0.3, 0.4) is 0 Å². The first kappa shape index (κ1) is 42.2. The molecule has 50 heavy (non-hydrogen) atoms. The predicted molar refractivity (Wildman–Crippen MR) is 173 cm³/mol. The highest BCUT2D eigenvalue weighted by Crippen LogP contribution is 2.08. The second-order valence-electron chi connectivity index (χ2n) is 11.5. The third-order valence-electron chi connectivity index (χ3n) is 6.74. The van der Waals surface area contributed by atoms with E-state index in [1.54, 1.807) is 13.8 Å². The molecule has 1 heterocycles. The summed E-state index contributed by atoms with van der Waals surface area (Å²) in [6, 6.07) is -7.80. The number of carbonyl (C=O) groups excluding carboxylic acids is 5. The number of nitrogens with one attached hydrogen (secondary N) is 6. The number of nitrogens with two attached hydrogens (primary N) is 3. The molecule has 1 aromatic heterocycles. The van der Waals surface area contributed by atoms with Crippen LogP contribution in [0.15, 0.2) is 17.5 Å². The molecule has 5 amide bonds. The van der Waals surface area contributed by atoms with Crippen LogP contribution in [0.2, 0.25) is 0 Å². The van der Waals surface area contributed by atoms with Crippen molar-refractivity contribution in [3.63, 3.8) is 0 Å². The van der Waals surface area contributed by atoms with Crippen molar-refractivity contribution < 1.29 is 53.7 Å². The van der Waals surface area contributed by atoms with E-state index in [0.29, 0.717) is 5.69 Å². The van der Waals surface area contributed by atoms with Gasteiger partial charge in [-0.3, -0.25) is 38.6 Å². The van der Waals surface area contributed by atoms with Crippen molar-refractivity contribution in [2.75, 3.05) is 13.1 Å². The number of carbonyl (C=O) groups is 8. The topological polar surface area (TPSA) is 376 Å². The van der Waals surface area contributed by atoms with Crippen LogP contribution < -0.4 is 43.8 Å². The van der Waals surface area contributed by atoms with Crippen molar-refractivity contribution in [2.45, 2.75) is 82.6 Å². The Kier molecular flexibility index (Phi) is 17.9. The summed E-state index contributed by atoms with van der Waals surface area (Å²) < 4.78 is 0. The Morgan fingerprint density at radius 1 is 0.780 bits per heavy atom. The number of carboxylic acids is 3. The molecule has 0 aliphatic rings. The molecule has 0 aliphatic carbocycles. The molecular formula is C28H45N11O11. The zero-order chi connectivity index (χ0) is 38.0. The maximum atomic E-state index is 13.6. The normalized spacial score (nSPS) is 13.8. The molecule has 0 aromatic carbocycles. The van der Waals surface area contributed by atoms with E-state index < -0.39 is 97.0 Å². The zero-order valence-electron chi connectivity index (χ0n) is 27.5. The molecule has 0 aliphatic heterocycles. The molecule has 5 atom stereocenters. The van der Waals surface area contributed by atoms with Crippen molar-refractivity contribution in [3.8, 4) is 0 Å². The highest BCUT2D eigenvalue weighted by Gasteiger charge is 2.34. The fourth-order valence-corrected chi connectivity index (χ4v) is 4.40. The van der Waals surface area contributed by atoms with Gasteiger partial charge in [0.1, 0.15) is 30.2 Å². The van der Waals surface area contributed by atoms with E-state index in [1.165, 1.54) is 12.5 Å². The lowest BCUT2D eigenvalue weighted by Gasteiger charge is -2.26. The minimum Gasteiger partial charge on any atom is -0.481 e. The quantitative estimate of drug-likeness (QED) is 0.0289. The van der Waals surface area contributed by atoms with Crippen LogP contribution in [0.1, 0.15) is 51.6 Å². The number of rotatable bonds is 23. The number of hydrogen-bond acceptors (Lipinski definition) is 11. The molecule has 0 saturated carbocycles. The highest BCUT2D eigenvalue weighted by atomic mass is 16.4. The molecule has 0 bridgehead atoms. The Labute approximate surface area is 285 Å². The lowest BCUT2D eigenvalue weighted by molar-refractivity contribution is -0.144. The number of carboxylic acid groups (broad SMARTS) is 3. The molecule has 0 radical (unpaired) electrons. The van der Waals surface area contributed by atoms with Crippen molar-refractivity contribution in [1.82, 2.24) is 36.6 Å². The van der Waals surface area contributed by atoms with Crippen LogP contribution in [-0.2, 0) is 44.8 Å². The largest absolute Gasteiger partial charge is 0.481 e. The maximum absolute atomic E-state index is 13.6. The van der Waals surface area contributed by atoms with Crippen LogP contribution in [-0.4, -0.2) is 122 Å². The molecular weight excluding hydrogens is 666 g/mol. The minimum absolute atomic E-state index is 0.00261. The number of amides is 5. The van der Waals surface area contributed by atoms with Gasteiger partial charge in [0.15, 0.2) is 5.96 Å². The van der Waals surface area contributed by atoms with Crippen molar-refractivity contribution >= 4 is 53.4 Å². The number of imidazole rings is 1. The Morgan fingerprint density at radius 2 is 1.28 bits per heavy atom. The summed E-state index contributed by atoms with van der Waals surface area (Å²) in [5.41, 5.74) is 16.3. The first-order chi connectivity index (χ1) is 23.4. The van der Waals surface area contributed by atoms with Crippen LogP contribution >= 0.6 is 0 Å². The number of nitrogens with zero attached hydrogens (tertiary/aromatic N) is 2. The average Bonchev–Trinajstić information content (AvgIpc) is 3.53. The number of aliphatic carboxylic acids is 3. The predicted octanol–water partition coefficient (Wildman–Crippen LogP) is -4.53. The van der Waals surface area contributed by atoms with Gasteiger partial charge in [0, 0.05) is 24.9 Å². The first-order valence-corrected chi connectivity index (χ1v) is 15.3. The summed E-state index contributed by atoms with van der Waals surface area (Å²) in [6.45, 7) is 2.86. The second kappa shape index (κ2) is 21.2. The third-order valence-corrected chi connectivity index (χ3v) is 6.74.